The number of nitriles is 1. The van der Waals surface area contributed by atoms with Crippen LogP contribution in [0.3, 0.4) is 0 Å². The van der Waals surface area contributed by atoms with Crippen LogP contribution >= 0.6 is 12.2 Å². The number of H-pyrrole nitrogens is 1. The zero-order valence-corrected chi connectivity index (χ0v) is 9.51. The molecule has 1 aromatic heterocycles. The molecule has 2 nitrogen and oxygen atoms in total. The number of hydrogen-bond donors (Lipinski definition) is 1. The van der Waals surface area contributed by atoms with E-state index in [0.29, 0.717) is 12.1 Å². The molecule has 0 saturated carbocycles. The molecule has 0 radical (unpaired) electrons. The number of aromatic nitrogens is 1. The number of hydrogen-bond acceptors (Lipinski definition) is 2. The minimum Gasteiger partial charge on any atom is -0.349 e. The monoisotopic (exact) mass is 246 g/mol. The van der Waals surface area contributed by atoms with Gasteiger partial charge >= 0.3 is 6.18 Å². The fourth-order valence-electron chi connectivity index (χ4n) is 1.56. The second kappa shape index (κ2) is 4.26. The van der Waals surface area contributed by atoms with Crippen LogP contribution in [0, 0.1) is 22.9 Å². The van der Waals surface area contributed by atoms with E-state index in [9.17, 15) is 13.2 Å². The second-order valence-corrected chi connectivity index (χ2v) is 3.68. The van der Waals surface area contributed by atoms with E-state index in [0.717, 1.165) is 0 Å². The standard InChI is InChI=1S/C10H9F3N2S/c1-3-7-5(2)8(10(11,12)13)6(4-14)9(16)15-7/h3H2,1-2H3,(H,15,16). The van der Waals surface area contributed by atoms with E-state index < -0.39 is 17.3 Å². The van der Waals surface area contributed by atoms with Crippen LogP contribution in [0.25, 0.3) is 0 Å². The molecule has 0 spiro atoms. The minimum absolute atomic E-state index is 0.0418. The van der Waals surface area contributed by atoms with Crippen LogP contribution < -0.4 is 0 Å². The van der Waals surface area contributed by atoms with Crippen LogP contribution in [-0.2, 0) is 12.6 Å². The van der Waals surface area contributed by atoms with Gasteiger partial charge in [0.2, 0.25) is 0 Å². The number of rotatable bonds is 1. The van der Waals surface area contributed by atoms with E-state index in [1.54, 1.807) is 6.92 Å². The van der Waals surface area contributed by atoms with Crippen molar-refractivity contribution >= 4 is 12.2 Å². The van der Waals surface area contributed by atoms with Gasteiger partial charge in [0.15, 0.2) is 0 Å². The molecule has 0 aliphatic heterocycles. The SMILES string of the molecule is CCc1[nH]c(=S)c(C#N)c(C(F)(F)F)c1C. The molecule has 0 amide bonds. The fraction of sp³-hybridized carbons (Fsp3) is 0.400. The molecular formula is C10H9F3N2S. The molecule has 0 unspecified atom stereocenters. The summed E-state index contributed by atoms with van der Waals surface area (Å²) < 4.78 is 38.2. The van der Waals surface area contributed by atoms with Gasteiger partial charge in [-0.1, -0.05) is 19.1 Å². The normalized spacial score (nSPS) is 11.2. The average Bonchev–Trinajstić information content (AvgIpc) is 2.18. The molecule has 6 heteroatoms. The van der Waals surface area contributed by atoms with Gasteiger partial charge in [-0.25, -0.2) is 0 Å². The molecule has 1 aromatic rings. The lowest BCUT2D eigenvalue weighted by atomic mass is 10.0. The van der Waals surface area contributed by atoms with Crippen molar-refractivity contribution < 1.29 is 13.2 Å². The van der Waals surface area contributed by atoms with Crippen LogP contribution in [0.4, 0.5) is 13.2 Å². The summed E-state index contributed by atoms with van der Waals surface area (Å²) in [7, 11) is 0. The maximum Gasteiger partial charge on any atom is 0.418 e. The van der Waals surface area contributed by atoms with Gasteiger partial charge in [-0.2, -0.15) is 18.4 Å². The molecule has 1 rings (SSSR count). The highest BCUT2D eigenvalue weighted by Gasteiger charge is 2.37. The van der Waals surface area contributed by atoms with Gasteiger partial charge in [0, 0.05) is 5.69 Å². The Morgan fingerprint density at radius 3 is 2.38 bits per heavy atom. The maximum atomic E-state index is 12.8. The Bertz CT molecular complexity index is 509. The number of nitrogens with zero attached hydrogens (tertiary/aromatic N) is 1. The van der Waals surface area contributed by atoms with Gasteiger partial charge in [0.1, 0.15) is 10.7 Å². The first-order chi connectivity index (χ1) is 7.32. The summed E-state index contributed by atoms with van der Waals surface area (Å²) in [5.41, 5.74) is -0.968. The van der Waals surface area contributed by atoms with Crippen molar-refractivity contribution in [3.8, 4) is 6.07 Å². The highest BCUT2D eigenvalue weighted by molar-refractivity contribution is 7.71. The molecule has 16 heavy (non-hydrogen) atoms. The summed E-state index contributed by atoms with van der Waals surface area (Å²) >= 11 is 4.74. The van der Waals surface area contributed by atoms with E-state index in [-0.39, 0.29) is 10.2 Å². The van der Waals surface area contributed by atoms with Gasteiger partial charge in [0.25, 0.3) is 0 Å². The van der Waals surface area contributed by atoms with Crippen molar-refractivity contribution in [1.82, 2.24) is 4.98 Å². The summed E-state index contributed by atoms with van der Waals surface area (Å²) in [6.07, 6.45) is -4.15. The van der Waals surface area contributed by atoms with Crippen molar-refractivity contribution in [3.05, 3.63) is 27.0 Å². The van der Waals surface area contributed by atoms with E-state index >= 15 is 0 Å². The van der Waals surface area contributed by atoms with Gasteiger partial charge < -0.3 is 4.98 Å². The van der Waals surface area contributed by atoms with E-state index in [2.05, 4.69) is 4.98 Å². The topological polar surface area (TPSA) is 39.6 Å². The third kappa shape index (κ3) is 2.09. The van der Waals surface area contributed by atoms with Crippen molar-refractivity contribution in [1.29, 1.82) is 5.26 Å². The molecule has 0 aliphatic carbocycles. The molecule has 0 bridgehead atoms. The van der Waals surface area contributed by atoms with Gasteiger partial charge in [0.05, 0.1) is 11.1 Å². The zero-order valence-electron chi connectivity index (χ0n) is 8.70. The molecule has 86 valence electrons. The molecule has 0 aromatic carbocycles. The molecule has 1 heterocycles. The number of alkyl halides is 3. The summed E-state index contributed by atoms with van der Waals surface area (Å²) in [6, 6.07) is 1.51. The Morgan fingerprint density at radius 1 is 1.44 bits per heavy atom. The largest absolute Gasteiger partial charge is 0.418 e. The number of nitrogens with one attached hydrogen (secondary N) is 1. The van der Waals surface area contributed by atoms with E-state index in [1.165, 1.54) is 13.0 Å². The molecule has 1 N–H and O–H groups in total. The summed E-state index contributed by atoms with van der Waals surface area (Å²) in [5, 5.41) is 8.71. The van der Waals surface area contributed by atoms with Crippen molar-refractivity contribution in [3.63, 3.8) is 0 Å². The van der Waals surface area contributed by atoms with Gasteiger partial charge in [-0.15, -0.1) is 0 Å². The number of pyridine rings is 1. The average molecular weight is 246 g/mol. The third-order valence-corrected chi connectivity index (χ3v) is 2.62. The molecular weight excluding hydrogens is 237 g/mol. The Morgan fingerprint density at radius 2 is 2.00 bits per heavy atom. The Labute approximate surface area is 95.7 Å². The first-order valence-electron chi connectivity index (χ1n) is 4.56. The second-order valence-electron chi connectivity index (χ2n) is 3.27. The first kappa shape index (κ1) is 12.7. The van der Waals surface area contributed by atoms with Crippen molar-refractivity contribution in [2.45, 2.75) is 26.4 Å². The van der Waals surface area contributed by atoms with E-state index in [1.807, 2.05) is 0 Å². The van der Waals surface area contributed by atoms with Crippen LogP contribution in [0.5, 0.6) is 0 Å². The molecule has 0 atom stereocenters. The van der Waals surface area contributed by atoms with Crippen LogP contribution in [-0.4, -0.2) is 4.98 Å². The van der Waals surface area contributed by atoms with Gasteiger partial charge in [-0.05, 0) is 18.9 Å². The number of halogens is 3. The van der Waals surface area contributed by atoms with Crippen molar-refractivity contribution in [2.75, 3.05) is 0 Å². The summed E-state index contributed by atoms with van der Waals surface area (Å²) in [6.45, 7) is 3.06. The lowest BCUT2D eigenvalue weighted by Crippen LogP contribution is -2.14. The van der Waals surface area contributed by atoms with Crippen molar-refractivity contribution in [2.24, 2.45) is 0 Å². The van der Waals surface area contributed by atoms with Crippen LogP contribution in [0.2, 0.25) is 0 Å². The highest BCUT2D eigenvalue weighted by atomic mass is 32.1. The number of aryl methyl sites for hydroxylation is 1. The highest BCUT2D eigenvalue weighted by Crippen LogP contribution is 2.35. The molecule has 0 fully saturated rings. The Balaban J connectivity index is 3.75. The van der Waals surface area contributed by atoms with Gasteiger partial charge in [-0.3, -0.25) is 0 Å². The predicted molar refractivity (Wildman–Crippen MR) is 55.5 cm³/mol. The summed E-state index contributed by atoms with van der Waals surface area (Å²) in [4.78, 5) is 2.65. The fourth-order valence-corrected chi connectivity index (χ4v) is 1.83. The Hall–Kier alpha value is -1.35. The zero-order chi connectivity index (χ0) is 12.5. The minimum atomic E-state index is -4.55. The summed E-state index contributed by atoms with van der Waals surface area (Å²) in [5.74, 6) is 0. The maximum absolute atomic E-state index is 12.8. The quantitative estimate of drug-likeness (QED) is 0.770. The third-order valence-electron chi connectivity index (χ3n) is 2.32. The van der Waals surface area contributed by atoms with Crippen LogP contribution in [0.15, 0.2) is 0 Å². The molecule has 0 saturated heterocycles. The van der Waals surface area contributed by atoms with E-state index in [4.69, 9.17) is 17.5 Å². The smallest absolute Gasteiger partial charge is 0.349 e. The Kier molecular flexibility index (Phi) is 3.38. The lowest BCUT2D eigenvalue weighted by molar-refractivity contribution is -0.138. The van der Waals surface area contributed by atoms with Crippen LogP contribution in [0.1, 0.15) is 29.3 Å². The number of aromatic amines is 1. The molecule has 0 aliphatic rings. The first-order valence-corrected chi connectivity index (χ1v) is 4.96. The predicted octanol–water partition coefficient (Wildman–Crippen LogP) is 3.51. The lowest BCUT2D eigenvalue weighted by Gasteiger charge is -2.15.